The fourth-order valence-corrected chi connectivity index (χ4v) is 3.60. The molecule has 0 saturated heterocycles. The molecule has 3 aromatic rings. The van der Waals surface area contributed by atoms with E-state index in [1.54, 1.807) is 6.07 Å². The topological polar surface area (TPSA) is 65.2 Å². The molecule has 1 heterocycles. The van der Waals surface area contributed by atoms with Gasteiger partial charge in [-0.1, -0.05) is 18.2 Å². The van der Waals surface area contributed by atoms with Crippen molar-refractivity contribution < 1.29 is 9.29 Å². The fourth-order valence-electron chi connectivity index (χ4n) is 2.43. The zero-order valence-electron chi connectivity index (χ0n) is 13.2. The second-order valence-electron chi connectivity index (χ2n) is 5.49. The molecule has 124 valence electrons. The second-order valence-corrected chi connectivity index (χ2v) is 7.06. The molecule has 1 aromatic heterocycles. The van der Waals surface area contributed by atoms with Crippen molar-refractivity contribution >= 4 is 22.1 Å². The van der Waals surface area contributed by atoms with E-state index in [-0.39, 0.29) is 5.56 Å². The van der Waals surface area contributed by atoms with Gasteiger partial charge in [-0.2, -0.15) is 0 Å². The molecule has 0 saturated carbocycles. The molecular weight excluding hydrogens is 322 g/mol. The molecular formula is C19H19NO3S. The number of hydrogen-bond donors (Lipinski definition) is 1. The monoisotopic (exact) mass is 341 g/mol. The predicted octanol–water partition coefficient (Wildman–Crippen LogP) is 3.49. The first-order valence-corrected chi connectivity index (χ1v) is 9.23. The summed E-state index contributed by atoms with van der Waals surface area (Å²) < 4.78 is 17.8. The SMILES string of the molecule is O=c1ccc2ccc(OCCCC[S+]([O-])c3ccccc3)cc2[nH]1. The maximum Gasteiger partial charge on any atom is 0.248 e. The summed E-state index contributed by atoms with van der Waals surface area (Å²) >= 11 is -0.948. The van der Waals surface area contributed by atoms with E-state index in [4.69, 9.17) is 4.74 Å². The average molecular weight is 341 g/mol. The minimum absolute atomic E-state index is 0.122. The second kappa shape index (κ2) is 8.04. The van der Waals surface area contributed by atoms with E-state index in [2.05, 4.69) is 4.98 Å². The number of nitrogens with one attached hydrogen (secondary N) is 1. The smallest absolute Gasteiger partial charge is 0.248 e. The molecule has 0 fully saturated rings. The van der Waals surface area contributed by atoms with Crippen LogP contribution in [0.3, 0.4) is 0 Å². The van der Waals surface area contributed by atoms with Crippen LogP contribution in [-0.2, 0) is 11.2 Å². The van der Waals surface area contributed by atoms with Gasteiger partial charge in [-0.3, -0.25) is 4.79 Å². The summed E-state index contributed by atoms with van der Waals surface area (Å²) in [7, 11) is 0. The van der Waals surface area contributed by atoms with E-state index in [1.807, 2.05) is 48.5 Å². The van der Waals surface area contributed by atoms with Gasteiger partial charge in [-0.05, 0) is 59.7 Å². The van der Waals surface area contributed by atoms with Crippen molar-refractivity contribution in [1.29, 1.82) is 0 Å². The Morgan fingerprint density at radius 2 is 1.79 bits per heavy atom. The summed E-state index contributed by atoms with van der Waals surface area (Å²) in [5.41, 5.74) is 0.647. The van der Waals surface area contributed by atoms with Gasteiger partial charge in [0.05, 0.1) is 12.1 Å². The van der Waals surface area contributed by atoms with Gasteiger partial charge in [0.1, 0.15) is 11.5 Å². The number of pyridine rings is 1. The first-order valence-electron chi connectivity index (χ1n) is 7.92. The van der Waals surface area contributed by atoms with E-state index >= 15 is 0 Å². The lowest BCUT2D eigenvalue weighted by Gasteiger charge is -2.10. The number of fused-ring (bicyclic) bond motifs is 1. The van der Waals surface area contributed by atoms with Gasteiger partial charge in [0.2, 0.25) is 5.56 Å². The van der Waals surface area contributed by atoms with Crippen LogP contribution in [0.4, 0.5) is 0 Å². The number of H-pyrrole nitrogens is 1. The lowest BCUT2D eigenvalue weighted by molar-refractivity contribution is 0.310. The van der Waals surface area contributed by atoms with E-state index in [9.17, 15) is 9.35 Å². The maximum atomic E-state index is 12.1. The highest BCUT2D eigenvalue weighted by molar-refractivity contribution is 7.91. The summed E-state index contributed by atoms with van der Waals surface area (Å²) in [6.07, 6.45) is 1.67. The Morgan fingerprint density at radius 1 is 1.00 bits per heavy atom. The van der Waals surface area contributed by atoms with Gasteiger partial charge in [0.25, 0.3) is 0 Å². The Hall–Kier alpha value is -2.24. The lowest BCUT2D eigenvalue weighted by Crippen LogP contribution is -2.08. The quantitative estimate of drug-likeness (QED) is 0.528. The average Bonchev–Trinajstić information content (AvgIpc) is 2.61. The van der Waals surface area contributed by atoms with Crippen molar-refractivity contribution in [3.8, 4) is 5.75 Å². The number of aromatic amines is 1. The van der Waals surface area contributed by atoms with Gasteiger partial charge >= 0.3 is 0 Å². The highest BCUT2D eigenvalue weighted by Crippen LogP contribution is 2.18. The third-order valence-electron chi connectivity index (χ3n) is 3.70. The van der Waals surface area contributed by atoms with Crippen molar-refractivity contribution in [3.63, 3.8) is 0 Å². The summed E-state index contributed by atoms with van der Waals surface area (Å²) in [5.74, 6) is 1.37. The van der Waals surface area contributed by atoms with E-state index in [0.717, 1.165) is 34.4 Å². The molecule has 0 aliphatic rings. The van der Waals surface area contributed by atoms with Crippen molar-refractivity contribution in [1.82, 2.24) is 4.98 Å². The van der Waals surface area contributed by atoms with E-state index < -0.39 is 11.2 Å². The molecule has 0 spiro atoms. The molecule has 3 rings (SSSR count). The molecule has 24 heavy (non-hydrogen) atoms. The van der Waals surface area contributed by atoms with Crippen LogP contribution < -0.4 is 10.3 Å². The third kappa shape index (κ3) is 4.40. The molecule has 0 aliphatic heterocycles. The Bertz CT molecular complexity index is 848. The van der Waals surface area contributed by atoms with Crippen molar-refractivity contribution in [2.75, 3.05) is 12.4 Å². The van der Waals surface area contributed by atoms with E-state index in [1.165, 1.54) is 6.07 Å². The van der Waals surface area contributed by atoms with Crippen LogP contribution in [0.2, 0.25) is 0 Å². The maximum absolute atomic E-state index is 12.1. The van der Waals surface area contributed by atoms with Crippen molar-refractivity contribution in [2.24, 2.45) is 0 Å². The summed E-state index contributed by atoms with van der Waals surface area (Å²) in [5, 5.41) is 0.972. The number of aromatic nitrogens is 1. The van der Waals surface area contributed by atoms with Crippen LogP contribution in [0, 0.1) is 0 Å². The van der Waals surface area contributed by atoms with Crippen LogP contribution in [0.1, 0.15) is 12.8 Å². The molecule has 1 atom stereocenters. The van der Waals surface area contributed by atoms with Crippen LogP contribution >= 0.6 is 0 Å². The summed E-state index contributed by atoms with van der Waals surface area (Å²) in [6.45, 7) is 0.564. The highest BCUT2D eigenvalue weighted by Gasteiger charge is 2.09. The summed E-state index contributed by atoms with van der Waals surface area (Å²) in [6, 6.07) is 18.5. The summed E-state index contributed by atoms with van der Waals surface area (Å²) in [4.78, 5) is 15.0. The molecule has 1 N–H and O–H groups in total. The molecule has 0 aliphatic carbocycles. The normalized spacial score (nSPS) is 12.2. The van der Waals surface area contributed by atoms with E-state index in [0.29, 0.717) is 12.4 Å². The highest BCUT2D eigenvalue weighted by atomic mass is 32.2. The minimum Gasteiger partial charge on any atom is -0.611 e. The van der Waals surface area contributed by atoms with Crippen molar-refractivity contribution in [3.05, 3.63) is 71.0 Å². The predicted molar refractivity (Wildman–Crippen MR) is 97.0 cm³/mol. The van der Waals surface area contributed by atoms with Gasteiger partial charge in [0.15, 0.2) is 4.90 Å². The number of rotatable bonds is 7. The Morgan fingerprint density at radius 3 is 2.62 bits per heavy atom. The number of hydrogen-bond acceptors (Lipinski definition) is 3. The molecule has 2 aromatic carbocycles. The van der Waals surface area contributed by atoms with Crippen LogP contribution in [0.25, 0.3) is 10.9 Å². The largest absolute Gasteiger partial charge is 0.611 e. The molecule has 4 nitrogen and oxygen atoms in total. The molecule has 0 radical (unpaired) electrons. The first kappa shape index (κ1) is 16.6. The number of unbranched alkanes of at least 4 members (excludes halogenated alkanes) is 1. The van der Waals surface area contributed by atoms with Gasteiger partial charge in [0, 0.05) is 12.1 Å². The number of ether oxygens (including phenoxy) is 1. The minimum atomic E-state index is -0.948. The van der Waals surface area contributed by atoms with Crippen LogP contribution in [0.5, 0.6) is 5.75 Å². The lowest BCUT2D eigenvalue weighted by atomic mass is 10.2. The fraction of sp³-hybridized carbons (Fsp3) is 0.211. The molecule has 1 unspecified atom stereocenters. The Labute approximate surface area is 143 Å². The Kier molecular flexibility index (Phi) is 5.56. The van der Waals surface area contributed by atoms with Crippen LogP contribution in [0.15, 0.2) is 70.4 Å². The molecule has 5 heteroatoms. The van der Waals surface area contributed by atoms with Crippen molar-refractivity contribution in [2.45, 2.75) is 17.7 Å². The number of benzene rings is 2. The zero-order chi connectivity index (χ0) is 16.8. The molecule has 0 bridgehead atoms. The van der Waals surface area contributed by atoms with Gasteiger partial charge in [-0.25, -0.2) is 0 Å². The standard InChI is InChI=1S/C19H19NO3S/c21-19-11-9-15-8-10-16(14-18(15)20-19)23-12-4-5-13-24(22)17-6-2-1-3-7-17/h1-3,6-11,14H,4-5,12-13H2,(H,20,21). The Balaban J connectivity index is 1.46. The third-order valence-corrected chi connectivity index (χ3v) is 5.15. The van der Waals surface area contributed by atoms with Gasteiger partial charge in [-0.15, -0.1) is 0 Å². The van der Waals surface area contributed by atoms with Gasteiger partial charge < -0.3 is 14.3 Å². The first-order chi connectivity index (χ1) is 11.7. The van der Waals surface area contributed by atoms with Crippen LogP contribution in [-0.4, -0.2) is 21.9 Å². The zero-order valence-corrected chi connectivity index (χ0v) is 14.1. The molecule has 0 amide bonds.